The molecule has 11 aromatic rings. The van der Waals surface area contributed by atoms with Gasteiger partial charge in [0.15, 0.2) is 0 Å². The van der Waals surface area contributed by atoms with Gasteiger partial charge in [-0.1, -0.05) is 121 Å². The van der Waals surface area contributed by atoms with Crippen LogP contribution in [0.3, 0.4) is 0 Å². The van der Waals surface area contributed by atoms with Crippen LogP contribution < -0.4 is 4.90 Å². The molecule has 0 amide bonds. The molecule has 0 aliphatic carbocycles. The number of hydrogen-bond acceptors (Lipinski definition) is 5. The Kier molecular flexibility index (Phi) is 8.32. The molecule has 11 rings (SSSR count). The molecular formula is C53H33N5S. The van der Waals surface area contributed by atoms with E-state index in [0.717, 1.165) is 61.6 Å². The Morgan fingerprint density at radius 2 is 1.02 bits per heavy atom. The van der Waals surface area contributed by atoms with Crippen molar-refractivity contribution in [1.82, 2.24) is 13.3 Å². The van der Waals surface area contributed by atoms with Crippen molar-refractivity contribution in [3.8, 4) is 45.1 Å². The second kappa shape index (κ2) is 14.3. The fourth-order valence-corrected chi connectivity index (χ4v) is 8.96. The van der Waals surface area contributed by atoms with Crippen molar-refractivity contribution in [3.63, 3.8) is 0 Å². The van der Waals surface area contributed by atoms with E-state index in [1.54, 1.807) is 0 Å². The minimum absolute atomic E-state index is 0.646. The van der Waals surface area contributed by atoms with Crippen molar-refractivity contribution in [2.45, 2.75) is 0 Å². The smallest absolute Gasteiger partial charge is 0.129 e. The van der Waals surface area contributed by atoms with Gasteiger partial charge in [-0.2, -0.15) is 14.0 Å². The van der Waals surface area contributed by atoms with Gasteiger partial charge >= 0.3 is 0 Å². The summed E-state index contributed by atoms with van der Waals surface area (Å²) >= 11 is 1.24. The topological polar surface area (TPSA) is 57.7 Å². The zero-order valence-electron chi connectivity index (χ0n) is 31.7. The molecule has 0 saturated heterocycles. The number of rotatable bonds is 7. The monoisotopic (exact) mass is 771 g/mol. The van der Waals surface area contributed by atoms with Gasteiger partial charge in [-0.25, -0.2) is 0 Å². The molecule has 2 aromatic heterocycles. The van der Waals surface area contributed by atoms with Gasteiger partial charge < -0.3 is 9.47 Å². The first kappa shape index (κ1) is 34.4. The first-order valence-corrected chi connectivity index (χ1v) is 20.3. The molecule has 0 bridgehead atoms. The summed E-state index contributed by atoms with van der Waals surface area (Å²) in [6, 6.07) is 72.7. The quantitative estimate of drug-likeness (QED) is 0.162. The van der Waals surface area contributed by atoms with E-state index in [-0.39, 0.29) is 0 Å². The average Bonchev–Trinajstić information content (AvgIpc) is 3.93. The van der Waals surface area contributed by atoms with Crippen LogP contribution in [0.4, 0.5) is 17.1 Å². The number of fused-ring (bicyclic) bond motifs is 5. The Hall–Kier alpha value is -7.85. The summed E-state index contributed by atoms with van der Waals surface area (Å²) in [6.45, 7) is 0. The summed E-state index contributed by atoms with van der Waals surface area (Å²) in [7, 11) is 0. The average molecular weight is 772 g/mol. The number of para-hydroxylation sites is 1. The van der Waals surface area contributed by atoms with Gasteiger partial charge in [-0.15, -0.1) is 0 Å². The maximum Gasteiger partial charge on any atom is 0.129 e. The van der Waals surface area contributed by atoms with E-state index in [9.17, 15) is 5.26 Å². The van der Waals surface area contributed by atoms with Crippen LogP contribution in [0.15, 0.2) is 200 Å². The Morgan fingerprint density at radius 3 is 1.69 bits per heavy atom. The van der Waals surface area contributed by atoms with Crippen LogP contribution in [0.25, 0.3) is 82.7 Å². The maximum atomic E-state index is 9.31. The zero-order chi connectivity index (χ0) is 39.3. The minimum Gasteiger partial charge on any atom is -0.309 e. The fraction of sp³-hybridized carbons (Fsp3) is 0. The molecule has 276 valence electrons. The number of aromatic nitrogens is 3. The van der Waals surface area contributed by atoms with E-state index < -0.39 is 0 Å². The normalized spacial score (nSPS) is 11.4. The lowest BCUT2D eigenvalue weighted by molar-refractivity contribution is 1.18. The first-order valence-electron chi connectivity index (χ1n) is 19.5. The molecule has 0 unspecified atom stereocenters. The second-order valence-corrected chi connectivity index (χ2v) is 15.2. The summed E-state index contributed by atoms with van der Waals surface area (Å²) < 4.78 is 12.2. The molecule has 0 N–H and O–H groups in total. The molecule has 6 heteroatoms. The van der Waals surface area contributed by atoms with Crippen molar-refractivity contribution in [2.75, 3.05) is 4.90 Å². The molecule has 5 nitrogen and oxygen atoms in total. The van der Waals surface area contributed by atoms with Crippen molar-refractivity contribution in [1.29, 1.82) is 5.26 Å². The fourth-order valence-electron chi connectivity index (χ4n) is 8.39. The highest BCUT2D eigenvalue weighted by atomic mass is 32.1. The van der Waals surface area contributed by atoms with E-state index in [4.69, 9.17) is 8.75 Å². The lowest BCUT2D eigenvalue weighted by Crippen LogP contribution is -2.10. The van der Waals surface area contributed by atoms with Crippen LogP contribution in [0, 0.1) is 11.3 Å². The van der Waals surface area contributed by atoms with Crippen LogP contribution >= 0.6 is 11.7 Å². The third kappa shape index (κ3) is 6.00. The Morgan fingerprint density at radius 1 is 0.458 bits per heavy atom. The van der Waals surface area contributed by atoms with Gasteiger partial charge in [0, 0.05) is 33.4 Å². The summed E-state index contributed by atoms with van der Waals surface area (Å²) in [5, 5.41) is 14.3. The molecule has 59 heavy (non-hydrogen) atoms. The van der Waals surface area contributed by atoms with Gasteiger partial charge in [0.2, 0.25) is 0 Å². The van der Waals surface area contributed by atoms with Crippen molar-refractivity contribution in [2.24, 2.45) is 0 Å². The molecule has 0 atom stereocenters. The van der Waals surface area contributed by atoms with E-state index in [2.05, 4.69) is 185 Å². The number of nitrogens with zero attached hydrogens (tertiary/aromatic N) is 5. The van der Waals surface area contributed by atoms with Crippen LogP contribution in [0.1, 0.15) is 5.56 Å². The van der Waals surface area contributed by atoms with Gasteiger partial charge in [0.05, 0.1) is 40.1 Å². The largest absolute Gasteiger partial charge is 0.309 e. The molecular weight excluding hydrogens is 739 g/mol. The van der Waals surface area contributed by atoms with Crippen molar-refractivity contribution >= 4 is 72.4 Å². The van der Waals surface area contributed by atoms with Crippen molar-refractivity contribution < 1.29 is 0 Å². The lowest BCUT2D eigenvalue weighted by atomic mass is 10.0. The molecule has 0 aliphatic heterocycles. The molecule has 2 heterocycles. The molecule has 0 spiro atoms. The number of nitriles is 1. The molecule has 0 fully saturated rings. The highest BCUT2D eigenvalue weighted by molar-refractivity contribution is 7.00. The highest BCUT2D eigenvalue weighted by Crippen LogP contribution is 2.43. The van der Waals surface area contributed by atoms with Gasteiger partial charge in [-0.3, -0.25) is 0 Å². The summed E-state index contributed by atoms with van der Waals surface area (Å²) in [5.41, 5.74) is 15.4. The van der Waals surface area contributed by atoms with E-state index >= 15 is 0 Å². The second-order valence-electron chi connectivity index (χ2n) is 14.7. The predicted octanol–water partition coefficient (Wildman–Crippen LogP) is 14.3. The SMILES string of the molecule is N#Cc1ccc(-c2ccc(N(c3ccc(-c4ccccc4)cc3)c3ccc(-c4ccc(-n5c6ccccc6c6cc7ccccc7cc65)cc4)c4nsnc34)cc2)cc1. The van der Waals surface area contributed by atoms with Crippen molar-refractivity contribution in [3.05, 3.63) is 206 Å². The first-order chi connectivity index (χ1) is 29.2. The minimum atomic E-state index is 0.646. The highest BCUT2D eigenvalue weighted by Gasteiger charge is 2.21. The number of hydrogen-bond donors (Lipinski definition) is 0. The number of benzene rings is 9. The van der Waals surface area contributed by atoms with Crippen LogP contribution in [-0.4, -0.2) is 13.3 Å². The third-order valence-corrected chi connectivity index (χ3v) is 11.8. The zero-order valence-corrected chi connectivity index (χ0v) is 32.5. The predicted molar refractivity (Wildman–Crippen MR) is 245 cm³/mol. The van der Waals surface area contributed by atoms with Gasteiger partial charge in [0.1, 0.15) is 11.0 Å². The summed E-state index contributed by atoms with van der Waals surface area (Å²) in [6.07, 6.45) is 0. The lowest BCUT2D eigenvalue weighted by Gasteiger charge is -2.26. The molecule has 0 aliphatic rings. The van der Waals surface area contributed by atoms with Crippen LogP contribution in [-0.2, 0) is 0 Å². The summed E-state index contributed by atoms with van der Waals surface area (Å²) in [4.78, 5) is 2.26. The Labute approximate surface area is 345 Å². The Bertz CT molecular complexity index is 3360. The third-order valence-electron chi connectivity index (χ3n) is 11.3. The standard InChI is InChI=1S/C53H33N5S/c54-34-35-14-16-37(17-15-35)39-20-26-44(27-21-39)57(43-24-18-38(19-25-43)36-8-2-1-3-9-36)50-31-30-46(52-53(50)56-59-55-52)40-22-28-45(29-23-40)58-49-13-7-6-12-47(49)48-32-41-10-4-5-11-42(41)33-51(48)58/h1-33H. The van der Waals surface area contributed by atoms with E-state index in [0.29, 0.717) is 5.56 Å². The van der Waals surface area contributed by atoms with Gasteiger partial charge in [0.25, 0.3) is 0 Å². The maximum absolute atomic E-state index is 9.31. The van der Waals surface area contributed by atoms with Gasteiger partial charge in [-0.05, 0) is 117 Å². The molecule has 0 radical (unpaired) electrons. The van der Waals surface area contributed by atoms with Crippen LogP contribution in [0.2, 0.25) is 0 Å². The molecule has 0 saturated carbocycles. The Balaban J connectivity index is 0.997. The van der Waals surface area contributed by atoms with E-state index in [1.165, 1.54) is 49.9 Å². The van der Waals surface area contributed by atoms with E-state index in [1.807, 2.05) is 30.3 Å². The molecule has 9 aromatic carbocycles. The summed E-state index contributed by atoms with van der Waals surface area (Å²) in [5.74, 6) is 0. The number of anilines is 3. The van der Waals surface area contributed by atoms with Crippen LogP contribution in [0.5, 0.6) is 0 Å².